The lowest BCUT2D eigenvalue weighted by molar-refractivity contribution is 0.112. The molecule has 0 amide bonds. The number of fused-ring (bicyclic) bond motifs is 1. The maximum atomic E-state index is 11.3. The van der Waals surface area contributed by atoms with E-state index in [0.29, 0.717) is 5.56 Å². The lowest BCUT2D eigenvalue weighted by Crippen LogP contribution is -1.90. The fourth-order valence-electron chi connectivity index (χ4n) is 2.68. The van der Waals surface area contributed by atoms with Crippen LogP contribution in [0.3, 0.4) is 0 Å². The summed E-state index contributed by atoms with van der Waals surface area (Å²) in [6.07, 6.45) is 1.77. The van der Waals surface area contributed by atoms with Gasteiger partial charge in [0.1, 0.15) is 5.75 Å². The van der Waals surface area contributed by atoms with Crippen LogP contribution < -0.4 is 0 Å². The molecule has 112 valence electrons. The summed E-state index contributed by atoms with van der Waals surface area (Å²) in [6, 6.07) is 7.65. The van der Waals surface area contributed by atoms with Crippen molar-refractivity contribution in [3.05, 3.63) is 46.0 Å². The minimum atomic E-state index is 0.253. The van der Waals surface area contributed by atoms with Gasteiger partial charge in [-0.15, -0.1) is 11.3 Å². The van der Waals surface area contributed by atoms with Crippen molar-refractivity contribution in [3.63, 3.8) is 0 Å². The molecule has 0 unspecified atom stereocenters. The highest BCUT2D eigenvalue weighted by atomic mass is 32.1. The van der Waals surface area contributed by atoms with Crippen molar-refractivity contribution in [2.75, 3.05) is 0 Å². The van der Waals surface area contributed by atoms with Gasteiger partial charge in [-0.25, -0.2) is 0 Å². The first-order valence-electron chi connectivity index (χ1n) is 7.23. The highest BCUT2D eigenvalue weighted by Crippen LogP contribution is 2.40. The van der Waals surface area contributed by atoms with Crippen LogP contribution in [0.4, 0.5) is 0 Å². The van der Waals surface area contributed by atoms with E-state index in [1.54, 1.807) is 17.4 Å². The van der Waals surface area contributed by atoms with Gasteiger partial charge in [-0.3, -0.25) is 9.78 Å². The predicted octanol–water partition coefficient (Wildman–Crippen LogP) is 4.66. The number of phenols is 1. The van der Waals surface area contributed by atoms with E-state index in [2.05, 4.69) is 11.9 Å². The van der Waals surface area contributed by atoms with Crippen molar-refractivity contribution < 1.29 is 9.90 Å². The Balaban J connectivity index is 2.38. The van der Waals surface area contributed by atoms with Crippen LogP contribution in [0.2, 0.25) is 0 Å². The molecule has 0 atom stereocenters. The van der Waals surface area contributed by atoms with Gasteiger partial charge in [0.05, 0.1) is 15.8 Å². The lowest BCUT2D eigenvalue weighted by atomic mass is 10.00. The molecule has 1 N–H and O–H groups in total. The molecule has 0 aliphatic rings. The maximum absolute atomic E-state index is 11.3. The summed E-state index contributed by atoms with van der Waals surface area (Å²) in [5.41, 5.74) is 5.12. The molecule has 0 fully saturated rings. The van der Waals surface area contributed by atoms with Crippen LogP contribution in [0.5, 0.6) is 5.75 Å². The van der Waals surface area contributed by atoms with Crippen LogP contribution in [0.15, 0.2) is 24.3 Å². The molecule has 0 bridgehead atoms. The van der Waals surface area contributed by atoms with E-state index in [4.69, 9.17) is 0 Å². The van der Waals surface area contributed by atoms with Crippen LogP contribution in [0.1, 0.15) is 33.4 Å². The number of aryl methyl sites for hydroxylation is 3. The number of carbonyl (C=O) groups is 1. The monoisotopic (exact) mass is 311 g/mol. The summed E-state index contributed by atoms with van der Waals surface area (Å²) < 4.78 is 0.953. The zero-order valence-corrected chi connectivity index (χ0v) is 13.6. The first-order valence-corrected chi connectivity index (χ1v) is 8.05. The summed E-state index contributed by atoms with van der Waals surface area (Å²) in [7, 11) is 0. The molecule has 4 heteroatoms. The fourth-order valence-corrected chi connectivity index (χ4v) is 3.77. The van der Waals surface area contributed by atoms with Gasteiger partial charge in [-0.1, -0.05) is 13.0 Å². The number of aldehydes is 1. The average Bonchev–Trinajstić information content (AvgIpc) is 2.82. The standard InChI is InChI=1S/C18H17NO2S/c1-4-12-5-6-16(21)13(8-12)14-7-10(2)19-17-15(9-20)11(3)22-18(14)17/h5-9,21H,4H2,1-3H3. The number of benzene rings is 1. The molecule has 0 radical (unpaired) electrons. The van der Waals surface area contributed by atoms with E-state index in [-0.39, 0.29) is 5.75 Å². The van der Waals surface area contributed by atoms with Gasteiger partial charge in [0.2, 0.25) is 0 Å². The fraction of sp³-hybridized carbons (Fsp3) is 0.222. The van der Waals surface area contributed by atoms with E-state index in [1.165, 1.54) is 5.56 Å². The molecule has 2 aromatic heterocycles. The molecule has 3 nitrogen and oxygen atoms in total. The van der Waals surface area contributed by atoms with Gasteiger partial charge in [-0.05, 0) is 44.0 Å². The van der Waals surface area contributed by atoms with Crippen LogP contribution in [0, 0.1) is 13.8 Å². The Bertz CT molecular complexity index is 880. The van der Waals surface area contributed by atoms with Gasteiger partial charge in [-0.2, -0.15) is 0 Å². The Morgan fingerprint density at radius 1 is 1.23 bits per heavy atom. The predicted molar refractivity (Wildman–Crippen MR) is 91.0 cm³/mol. The summed E-state index contributed by atoms with van der Waals surface area (Å²) in [5.74, 6) is 0.253. The Labute approximate surface area is 133 Å². The first-order chi connectivity index (χ1) is 10.5. The summed E-state index contributed by atoms with van der Waals surface area (Å²) >= 11 is 1.55. The van der Waals surface area contributed by atoms with Gasteiger partial charge in [0, 0.05) is 21.7 Å². The second kappa shape index (κ2) is 5.54. The third kappa shape index (κ3) is 2.29. The Hall–Kier alpha value is -2.20. The van der Waals surface area contributed by atoms with Crippen molar-refractivity contribution in [1.29, 1.82) is 0 Å². The molecule has 0 aliphatic carbocycles. The zero-order valence-electron chi connectivity index (χ0n) is 12.8. The van der Waals surface area contributed by atoms with Gasteiger partial charge < -0.3 is 5.11 Å². The molecule has 0 aliphatic heterocycles. The molecular formula is C18H17NO2S. The van der Waals surface area contributed by atoms with Gasteiger partial charge in [0.25, 0.3) is 0 Å². The van der Waals surface area contributed by atoms with E-state index in [0.717, 1.165) is 44.6 Å². The molecule has 3 rings (SSSR count). The van der Waals surface area contributed by atoms with E-state index in [9.17, 15) is 9.90 Å². The number of rotatable bonds is 3. The number of hydrogen-bond acceptors (Lipinski definition) is 4. The van der Waals surface area contributed by atoms with Crippen LogP contribution >= 0.6 is 11.3 Å². The van der Waals surface area contributed by atoms with Crippen LogP contribution in [-0.4, -0.2) is 16.4 Å². The molecule has 0 spiro atoms. The molecular weight excluding hydrogens is 294 g/mol. The second-order valence-corrected chi connectivity index (χ2v) is 6.61. The Morgan fingerprint density at radius 2 is 2.00 bits per heavy atom. The highest BCUT2D eigenvalue weighted by Gasteiger charge is 2.17. The largest absolute Gasteiger partial charge is 0.507 e. The molecule has 0 saturated heterocycles. The topological polar surface area (TPSA) is 50.2 Å². The van der Waals surface area contributed by atoms with Crippen molar-refractivity contribution in [2.45, 2.75) is 27.2 Å². The van der Waals surface area contributed by atoms with Crippen molar-refractivity contribution in [2.24, 2.45) is 0 Å². The SMILES string of the molecule is CCc1ccc(O)c(-c2cc(C)nc3c(C=O)c(C)sc23)c1. The third-order valence-corrected chi connectivity index (χ3v) is 5.01. The molecule has 3 aromatic rings. The minimum Gasteiger partial charge on any atom is -0.507 e. The van der Waals surface area contributed by atoms with Crippen LogP contribution in [-0.2, 0) is 6.42 Å². The average molecular weight is 311 g/mol. The summed E-state index contributed by atoms with van der Waals surface area (Å²) in [4.78, 5) is 16.8. The van der Waals surface area contributed by atoms with Crippen molar-refractivity contribution in [3.8, 4) is 16.9 Å². The van der Waals surface area contributed by atoms with Gasteiger partial charge in [0.15, 0.2) is 6.29 Å². The molecule has 1 aromatic carbocycles. The van der Waals surface area contributed by atoms with Crippen molar-refractivity contribution in [1.82, 2.24) is 4.98 Å². The maximum Gasteiger partial charge on any atom is 0.153 e. The zero-order chi connectivity index (χ0) is 15.9. The first kappa shape index (κ1) is 14.7. The van der Waals surface area contributed by atoms with Crippen molar-refractivity contribution >= 4 is 27.8 Å². The number of aromatic nitrogens is 1. The molecule has 22 heavy (non-hydrogen) atoms. The smallest absolute Gasteiger partial charge is 0.153 e. The number of aromatic hydroxyl groups is 1. The van der Waals surface area contributed by atoms with E-state index in [1.807, 2.05) is 32.0 Å². The number of pyridine rings is 1. The summed E-state index contributed by atoms with van der Waals surface area (Å²) in [6.45, 7) is 5.92. The third-order valence-electron chi connectivity index (χ3n) is 3.87. The molecule has 2 heterocycles. The quantitative estimate of drug-likeness (QED) is 0.716. The van der Waals surface area contributed by atoms with E-state index >= 15 is 0 Å². The Kier molecular flexibility index (Phi) is 3.71. The van der Waals surface area contributed by atoms with E-state index < -0.39 is 0 Å². The number of hydrogen-bond donors (Lipinski definition) is 1. The van der Waals surface area contributed by atoms with Gasteiger partial charge >= 0.3 is 0 Å². The highest BCUT2D eigenvalue weighted by molar-refractivity contribution is 7.20. The number of carbonyl (C=O) groups excluding carboxylic acids is 1. The minimum absolute atomic E-state index is 0.253. The molecule has 0 saturated carbocycles. The van der Waals surface area contributed by atoms with Crippen LogP contribution in [0.25, 0.3) is 21.3 Å². The summed E-state index contributed by atoms with van der Waals surface area (Å²) in [5, 5.41) is 10.3. The normalized spacial score (nSPS) is 11.0. The second-order valence-electron chi connectivity index (χ2n) is 5.38. The lowest BCUT2D eigenvalue weighted by Gasteiger charge is -2.09. The number of nitrogens with zero attached hydrogens (tertiary/aromatic N) is 1. The number of phenolic OH excluding ortho intramolecular Hbond substituents is 1. The Morgan fingerprint density at radius 3 is 2.68 bits per heavy atom. The number of thiophene rings is 1.